The van der Waals surface area contributed by atoms with Gasteiger partial charge in [-0.15, -0.1) is 0 Å². The fourth-order valence-corrected chi connectivity index (χ4v) is 2.46. The molecule has 0 radical (unpaired) electrons. The first-order chi connectivity index (χ1) is 8.97. The zero-order chi connectivity index (χ0) is 14.0. The molecule has 0 heterocycles. The van der Waals surface area contributed by atoms with E-state index in [-0.39, 0.29) is 24.4 Å². The van der Waals surface area contributed by atoms with Gasteiger partial charge >= 0.3 is 6.03 Å². The minimum absolute atomic E-state index is 0.144. The number of likely N-dealkylation sites (N-methyl/N-ethyl adjacent to an activating group) is 1. The Labute approximate surface area is 112 Å². The highest BCUT2D eigenvalue weighted by atomic mass is 19.1. The number of aryl methyl sites for hydroxylation is 1. The van der Waals surface area contributed by atoms with Crippen LogP contribution in [0.5, 0.6) is 0 Å². The van der Waals surface area contributed by atoms with Crippen molar-refractivity contribution in [3.05, 3.63) is 35.1 Å². The summed E-state index contributed by atoms with van der Waals surface area (Å²) in [6, 6.07) is 4.32. The van der Waals surface area contributed by atoms with Crippen molar-refractivity contribution in [2.24, 2.45) is 0 Å². The lowest BCUT2D eigenvalue weighted by Crippen LogP contribution is -2.41. The molecule has 19 heavy (non-hydrogen) atoms. The second-order valence-electron chi connectivity index (χ2n) is 5.11. The van der Waals surface area contributed by atoms with Gasteiger partial charge in [-0.2, -0.15) is 0 Å². The third kappa shape index (κ3) is 3.23. The van der Waals surface area contributed by atoms with Crippen molar-refractivity contribution < 1.29 is 14.3 Å². The molecular weight excluding hydrogens is 247 g/mol. The van der Waals surface area contributed by atoms with Crippen molar-refractivity contribution in [3.8, 4) is 0 Å². The average Bonchev–Trinajstić information content (AvgIpc) is 2.71. The number of amides is 2. The van der Waals surface area contributed by atoms with Gasteiger partial charge in [-0.05, 0) is 43.0 Å². The summed E-state index contributed by atoms with van der Waals surface area (Å²) in [5.41, 5.74) is 1.95. The Morgan fingerprint density at radius 1 is 1.63 bits per heavy atom. The van der Waals surface area contributed by atoms with Crippen LogP contribution in [-0.4, -0.2) is 35.7 Å². The van der Waals surface area contributed by atoms with Crippen molar-refractivity contribution in [2.75, 3.05) is 13.6 Å². The number of aliphatic hydroxyl groups excluding tert-OH is 1. The van der Waals surface area contributed by atoms with Crippen molar-refractivity contribution in [2.45, 2.75) is 31.9 Å². The summed E-state index contributed by atoms with van der Waals surface area (Å²) in [6.45, 7) is 1.90. The van der Waals surface area contributed by atoms with Gasteiger partial charge in [0.2, 0.25) is 0 Å². The third-order valence-corrected chi connectivity index (χ3v) is 3.37. The Morgan fingerprint density at radius 2 is 2.37 bits per heavy atom. The van der Waals surface area contributed by atoms with Gasteiger partial charge in [0.25, 0.3) is 0 Å². The molecule has 0 aliphatic heterocycles. The number of hydrogen-bond acceptors (Lipinski definition) is 2. The molecule has 2 atom stereocenters. The summed E-state index contributed by atoms with van der Waals surface area (Å²) in [6.07, 6.45) is 1.07. The van der Waals surface area contributed by atoms with Crippen LogP contribution in [0.4, 0.5) is 9.18 Å². The molecule has 0 bridgehead atoms. The van der Waals surface area contributed by atoms with Crippen LogP contribution in [0.15, 0.2) is 18.2 Å². The molecule has 0 saturated heterocycles. The van der Waals surface area contributed by atoms with E-state index in [4.69, 9.17) is 0 Å². The lowest BCUT2D eigenvalue weighted by molar-refractivity contribution is 0.142. The minimum Gasteiger partial charge on any atom is -0.392 e. The zero-order valence-electron chi connectivity index (χ0n) is 11.2. The topological polar surface area (TPSA) is 52.6 Å². The van der Waals surface area contributed by atoms with Gasteiger partial charge in [-0.1, -0.05) is 6.07 Å². The molecule has 2 N–H and O–H groups in total. The van der Waals surface area contributed by atoms with Gasteiger partial charge in [0.1, 0.15) is 5.82 Å². The molecule has 0 aromatic heterocycles. The average molecular weight is 266 g/mol. The summed E-state index contributed by atoms with van der Waals surface area (Å²) in [5, 5.41) is 12.1. The zero-order valence-corrected chi connectivity index (χ0v) is 11.2. The van der Waals surface area contributed by atoms with E-state index < -0.39 is 6.10 Å². The quantitative estimate of drug-likeness (QED) is 0.877. The first kappa shape index (κ1) is 13.8. The van der Waals surface area contributed by atoms with Crippen molar-refractivity contribution >= 4 is 6.03 Å². The third-order valence-electron chi connectivity index (χ3n) is 3.37. The standard InChI is InChI=1S/C14H19FN2O2/c1-9(18)8-17(2)14(19)16-13-6-4-10-3-5-11(15)7-12(10)13/h3,5,7,9,13,18H,4,6,8H2,1-2H3,(H,16,19). The summed E-state index contributed by atoms with van der Waals surface area (Å²) in [4.78, 5) is 13.4. The smallest absolute Gasteiger partial charge is 0.317 e. The number of nitrogens with zero attached hydrogens (tertiary/aromatic N) is 1. The maximum atomic E-state index is 13.2. The highest BCUT2D eigenvalue weighted by Crippen LogP contribution is 2.31. The summed E-state index contributed by atoms with van der Waals surface area (Å²) in [7, 11) is 1.63. The van der Waals surface area contributed by atoms with Gasteiger partial charge in [-0.3, -0.25) is 0 Å². The lowest BCUT2D eigenvalue weighted by atomic mass is 10.1. The molecule has 1 aliphatic rings. The number of urea groups is 1. The second kappa shape index (κ2) is 5.57. The van der Waals surface area contributed by atoms with Gasteiger partial charge in [0, 0.05) is 13.6 Å². The van der Waals surface area contributed by atoms with Crippen LogP contribution >= 0.6 is 0 Å². The number of halogens is 1. The van der Waals surface area contributed by atoms with Crippen LogP contribution in [0.25, 0.3) is 0 Å². The van der Waals surface area contributed by atoms with E-state index in [1.54, 1.807) is 20.0 Å². The van der Waals surface area contributed by atoms with E-state index in [1.165, 1.54) is 17.0 Å². The maximum Gasteiger partial charge on any atom is 0.317 e. The SMILES string of the molecule is CC(O)CN(C)C(=O)NC1CCc2ccc(F)cc21. The molecule has 0 spiro atoms. The molecule has 4 nitrogen and oxygen atoms in total. The largest absolute Gasteiger partial charge is 0.392 e. The fraction of sp³-hybridized carbons (Fsp3) is 0.500. The van der Waals surface area contributed by atoms with Crippen LogP contribution in [-0.2, 0) is 6.42 Å². The van der Waals surface area contributed by atoms with Crippen LogP contribution in [0, 0.1) is 5.82 Å². The lowest BCUT2D eigenvalue weighted by Gasteiger charge is -2.22. The Balaban J connectivity index is 2.02. The van der Waals surface area contributed by atoms with Crippen molar-refractivity contribution in [1.82, 2.24) is 10.2 Å². The Bertz CT molecular complexity index is 477. The predicted octanol–water partition coefficient (Wildman–Crippen LogP) is 1.84. The van der Waals surface area contributed by atoms with Crippen LogP contribution in [0.2, 0.25) is 0 Å². The van der Waals surface area contributed by atoms with Crippen LogP contribution < -0.4 is 5.32 Å². The normalized spacial score (nSPS) is 18.8. The Kier molecular flexibility index (Phi) is 4.04. The number of aliphatic hydroxyl groups is 1. The molecule has 5 heteroatoms. The number of hydrogen-bond donors (Lipinski definition) is 2. The molecular formula is C14H19FN2O2. The first-order valence-electron chi connectivity index (χ1n) is 6.45. The number of nitrogens with one attached hydrogen (secondary N) is 1. The van der Waals surface area contributed by atoms with E-state index in [1.807, 2.05) is 0 Å². The summed E-state index contributed by atoms with van der Waals surface area (Å²) < 4.78 is 13.2. The van der Waals surface area contributed by atoms with Gasteiger partial charge in [0.05, 0.1) is 12.1 Å². The van der Waals surface area contributed by atoms with E-state index in [0.29, 0.717) is 0 Å². The number of benzene rings is 1. The molecule has 1 aromatic carbocycles. The maximum absolute atomic E-state index is 13.2. The fourth-order valence-electron chi connectivity index (χ4n) is 2.46. The van der Waals surface area contributed by atoms with Crippen LogP contribution in [0.3, 0.4) is 0 Å². The summed E-state index contributed by atoms with van der Waals surface area (Å²) >= 11 is 0. The highest BCUT2D eigenvalue weighted by molar-refractivity contribution is 5.74. The number of fused-ring (bicyclic) bond motifs is 1. The predicted molar refractivity (Wildman–Crippen MR) is 70.3 cm³/mol. The Morgan fingerprint density at radius 3 is 3.05 bits per heavy atom. The van der Waals surface area contributed by atoms with E-state index >= 15 is 0 Å². The molecule has 104 valence electrons. The molecule has 2 unspecified atom stereocenters. The van der Waals surface area contributed by atoms with Crippen molar-refractivity contribution in [1.29, 1.82) is 0 Å². The Hall–Kier alpha value is -1.62. The molecule has 0 fully saturated rings. The first-order valence-corrected chi connectivity index (χ1v) is 6.45. The second-order valence-corrected chi connectivity index (χ2v) is 5.11. The molecule has 1 aromatic rings. The van der Waals surface area contributed by atoms with Gasteiger partial charge in [-0.25, -0.2) is 9.18 Å². The molecule has 2 rings (SSSR count). The molecule has 1 aliphatic carbocycles. The summed E-state index contributed by atoms with van der Waals surface area (Å²) in [5.74, 6) is -0.280. The monoisotopic (exact) mass is 266 g/mol. The van der Waals surface area contributed by atoms with Gasteiger partial charge in [0.15, 0.2) is 0 Å². The number of carbonyl (C=O) groups is 1. The molecule has 2 amide bonds. The van der Waals surface area contributed by atoms with Crippen LogP contribution in [0.1, 0.15) is 30.5 Å². The van der Waals surface area contributed by atoms with Gasteiger partial charge < -0.3 is 15.3 Å². The van der Waals surface area contributed by atoms with E-state index in [0.717, 1.165) is 24.0 Å². The molecule has 0 saturated carbocycles. The highest BCUT2D eigenvalue weighted by Gasteiger charge is 2.25. The number of carbonyl (C=O) groups excluding carboxylic acids is 1. The van der Waals surface area contributed by atoms with Crippen molar-refractivity contribution in [3.63, 3.8) is 0 Å². The minimum atomic E-state index is -0.566. The van der Waals surface area contributed by atoms with E-state index in [9.17, 15) is 14.3 Å². The number of rotatable bonds is 3. The van der Waals surface area contributed by atoms with E-state index in [2.05, 4.69) is 5.32 Å².